The Labute approximate surface area is 206 Å². The first-order chi connectivity index (χ1) is 16.3. The number of carbonyl (C=O) groups is 2. The molecule has 0 aliphatic carbocycles. The molecule has 2 aromatic rings. The molecular formula is C24H23ClN6O2S. The number of para-hydroxylation sites is 1. The lowest BCUT2D eigenvalue weighted by atomic mass is 10.1. The first-order valence-electron chi connectivity index (χ1n) is 11.0. The molecule has 34 heavy (non-hydrogen) atoms. The molecule has 8 nitrogen and oxygen atoms in total. The van der Waals surface area contributed by atoms with Gasteiger partial charge >= 0.3 is 0 Å². The SMILES string of the molecule is Cc1cc(/C=C2/C(=N)N3N=C(CC(=O)N4CCCC4)SC3=NC2=O)c(C)n1-c1ccccc1Cl. The van der Waals surface area contributed by atoms with Crippen LogP contribution in [-0.2, 0) is 9.59 Å². The topological polar surface area (TPSA) is 94.1 Å². The third-order valence-corrected chi connectivity index (χ3v) is 7.35. The normalized spacial score (nSPS) is 19.1. The lowest BCUT2D eigenvalue weighted by Crippen LogP contribution is -2.35. The summed E-state index contributed by atoms with van der Waals surface area (Å²) in [7, 11) is 0. The van der Waals surface area contributed by atoms with Crippen LogP contribution in [0.1, 0.15) is 36.2 Å². The minimum absolute atomic E-state index is 0.0184. The van der Waals surface area contributed by atoms with Crippen LogP contribution in [0.3, 0.4) is 0 Å². The summed E-state index contributed by atoms with van der Waals surface area (Å²) in [6.45, 7) is 5.46. The summed E-state index contributed by atoms with van der Waals surface area (Å²) in [5.41, 5.74) is 3.64. The van der Waals surface area contributed by atoms with E-state index in [1.54, 1.807) is 6.08 Å². The molecule has 1 saturated heterocycles. The molecule has 0 bridgehead atoms. The van der Waals surface area contributed by atoms with E-state index in [0.29, 0.717) is 15.2 Å². The van der Waals surface area contributed by atoms with Gasteiger partial charge in [0, 0.05) is 24.5 Å². The summed E-state index contributed by atoms with van der Waals surface area (Å²) in [5, 5.41) is 15.9. The van der Waals surface area contributed by atoms with Crippen LogP contribution in [0.15, 0.2) is 46.0 Å². The number of likely N-dealkylation sites (tertiary alicyclic amines) is 1. The highest BCUT2D eigenvalue weighted by atomic mass is 35.5. The highest BCUT2D eigenvalue weighted by molar-refractivity contribution is 8.27. The minimum atomic E-state index is -0.492. The number of hydrogen-bond donors (Lipinski definition) is 1. The maximum Gasteiger partial charge on any atom is 0.283 e. The Morgan fingerprint density at radius 2 is 1.97 bits per heavy atom. The smallest absolute Gasteiger partial charge is 0.283 e. The second kappa shape index (κ2) is 8.88. The van der Waals surface area contributed by atoms with Gasteiger partial charge in [-0.2, -0.15) is 15.1 Å². The van der Waals surface area contributed by atoms with Gasteiger partial charge in [0.2, 0.25) is 11.1 Å². The molecule has 0 unspecified atom stereocenters. The summed E-state index contributed by atoms with van der Waals surface area (Å²) in [5.74, 6) is -0.521. The summed E-state index contributed by atoms with van der Waals surface area (Å²) in [6.07, 6.45) is 3.87. The molecule has 5 rings (SSSR count). The summed E-state index contributed by atoms with van der Waals surface area (Å²) in [6, 6.07) is 9.52. The third-order valence-electron chi connectivity index (χ3n) is 6.12. The van der Waals surface area contributed by atoms with Crippen LogP contribution in [0.4, 0.5) is 0 Å². The second-order valence-corrected chi connectivity index (χ2v) is 9.84. The fourth-order valence-electron chi connectivity index (χ4n) is 4.40. The van der Waals surface area contributed by atoms with Crippen molar-refractivity contribution < 1.29 is 9.59 Å². The number of fused-ring (bicyclic) bond motifs is 1. The fourth-order valence-corrected chi connectivity index (χ4v) is 5.50. The van der Waals surface area contributed by atoms with E-state index in [0.717, 1.165) is 48.6 Å². The Bertz CT molecular complexity index is 1320. The molecule has 10 heteroatoms. The van der Waals surface area contributed by atoms with Gasteiger partial charge in [0.25, 0.3) is 5.91 Å². The highest BCUT2D eigenvalue weighted by Gasteiger charge is 2.36. The zero-order valence-electron chi connectivity index (χ0n) is 18.8. The van der Waals surface area contributed by atoms with Crippen molar-refractivity contribution in [1.82, 2.24) is 14.5 Å². The van der Waals surface area contributed by atoms with Crippen molar-refractivity contribution in [3.8, 4) is 5.69 Å². The van der Waals surface area contributed by atoms with Gasteiger partial charge in [0.1, 0.15) is 5.04 Å². The first-order valence-corrected chi connectivity index (χ1v) is 12.2. The number of hydrazone groups is 1. The Morgan fingerprint density at radius 3 is 2.71 bits per heavy atom. The molecule has 2 amide bonds. The second-order valence-electron chi connectivity index (χ2n) is 8.39. The summed E-state index contributed by atoms with van der Waals surface area (Å²) < 4.78 is 2.02. The van der Waals surface area contributed by atoms with Gasteiger partial charge in [0.05, 0.1) is 22.7 Å². The van der Waals surface area contributed by atoms with Gasteiger partial charge in [-0.1, -0.05) is 23.7 Å². The van der Waals surface area contributed by atoms with E-state index < -0.39 is 5.91 Å². The van der Waals surface area contributed by atoms with Crippen LogP contribution in [-0.4, -0.2) is 55.4 Å². The number of aromatic nitrogens is 1. The number of nitrogens with zero attached hydrogens (tertiary/aromatic N) is 5. The number of aliphatic imine (C=N–C) groups is 1. The maximum absolute atomic E-state index is 12.8. The number of amidine groups is 2. The molecule has 1 aromatic heterocycles. The van der Waals surface area contributed by atoms with Crippen LogP contribution in [0, 0.1) is 19.3 Å². The number of benzene rings is 1. The number of nitrogens with one attached hydrogen (secondary N) is 1. The Hall–Kier alpha value is -3.17. The number of thioether (sulfide) groups is 1. The van der Waals surface area contributed by atoms with Crippen LogP contribution in [0.5, 0.6) is 0 Å². The predicted octanol–water partition coefficient (Wildman–Crippen LogP) is 4.38. The van der Waals surface area contributed by atoms with E-state index in [4.69, 9.17) is 17.0 Å². The Morgan fingerprint density at radius 1 is 1.24 bits per heavy atom. The van der Waals surface area contributed by atoms with Crippen molar-refractivity contribution in [1.29, 1.82) is 5.41 Å². The highest BCUT2D eigenvalue weighted by Crippen LogP contribution is 2.32. The van der Waals surface area contributed by atoms with Gasteiger partial charge < -0.3 is 9.47 Å². The van der Waals surface area contributed by atoms with Gasteiger partial charge in [-0.05, 0) is 68.3 Å². The minimum Gasteiger partial charge on any atom is -0.342 e. The Kier molecular flexibility index (Phi) is 5.91. The van der Waals surface area contributed by atoms with Gasteiger partial charge in [-0.3, -0.25) is 15.0 Å². The van der Waals surface area contributed by atoms with Crippen molar-refractivity contribution >= 4 is 57.3 Å². The molecule has 1 N–H and O–H groups in total. The molecule has 174 valence electrons. The monoisotopic (exact) mass is 494 g/mol. The van der Waals surface area contributed by atoms with Crippen LogP contribution >= 0.6 is 23.4 Å². The van der Waals surface area contributed by atoms with Crippen molar-refractivity contribution in [3.63, 3.8) is 0 Å². The van der Waals surface area contributed by atoms with E-state index in [-0.39, 0.29) is 23.7 Å². The zero-order chi connectivity index (χ0) is 24.0. The number of hydrogen-bond acceptors (Lipinski definition) is 5. The molecule has 0 radical (unpaired) electrons. The molecule has 0 saturated carbocycles. The van der Waals surface area contributed by atoms with E-state index in [1.165, 1.54) is 16.8 Å². The molecule has 1 aromatic carbocycles. The van der Waals surface area contributed by atoms with E-state index in [1.807, 2.05) is 53.6 Å². The molecule has 0 atom stereocenters. The number of rotatable bonds is 4. The van der Waals surface area contributed by atoms with Gasteiger partial charge in [0.15, 0.2) is 5.84 Å². The molecule has 0 spiro atoms. The summed E-state index contributed by atoms with van der Waals surface area (Å²) >= 11 is 7.59. The first kappa shape index (κ1) is 22.6. The van der Waals surface area contributed by atoms with Crippen LogP contribution in [0.2, 0.25) is 5.02 Å². The third kappa shape index (κ3) is 3.99. The number of halogens is 1. The average Bonchev–Trinajstić information content (AvgIpc) is 3.52. The number of amides is 2. The van der Waals surface area contributed by atoms with E-state index >= 15 is 0 Å². The number of carbonyl (C=O) groups excluding carboxylic acids is 2. The van der Waals surface area contributed by atoms with E-state index in [9.17, 15) is 9.59 Å². The van der Waals surface area contributed by atoms with Crippen molar-refractivity contribution in [3.05, 3.63) is 57.9 Å². The lowest BCUT2D eigenvalue weighted by Gasteiger charge is -2.20. The molecule has 3 aliphatic heterocycles. The predicted molar refractivity (Wildman–Crippen MR) is 136 cm³/mol. The summed E-state index contributed by atoms with van der Waals surface area (Å²) in [4.78, 5) is 31.3. The van der Waals surface area contributed by atoms with E-state index in [2.05, 4.69) is 10.1 Å². The van der Waals surface area contributed by atoms with Gasteiger partial charge in [-0.25, -0.2) is 0 Å². The fraction of sp³-hybridized carbons (Fsp3) is 0.292. The molecular weight excluding hydrogens is 472 g/mol. The Balaban J connectivity index is 1.43. The largest absolute Gasteiger partial charge is 0.342 e. The standard InChI is InChI=1S/C24H23ClN6O2S/c1-14-11-16(15(2)30(14)19-8-4-3-7-18(19)25)12-17-22(26)31-24(27-23(17)33)34-20(28-31)13-21(32)29-9-5-6-10-29/h3-4,7-8,11-12,26H,5-6,9-10,13H2,1-2H3/b17-12-,26-22?. The van der Waals surface area contributed by atoms with Crippen LogP contribution < -0.4 is 0 Å². The van der Waals surface area contributed by atoms with Crippen molar-refractivity contribution in [2.24, 2.45) is 10.1 Å². The zero-order valence-corrected chi connectivity index (χ0v) is 20.4. The molecule has 1 fully saturated rings. The molecule has 4 heterocycles. The van der Waals surface area contributed by atoms with Crippen molar-refractivity contribution in [2.75, 3.05) is 13.1 Å². The average molecular weight is 495 g/mol. The van der Waals surface area contributed by atoms with Crippen molar-refractivity contribution in [2.45, 2.75) is 33.1 Å². The maximum atomic E-state index is 12.8. The van der Waals surface area contributed by atoms with Crippen LogP contribution in [0.25, 0.3) is 11.8 Å². The lowest BCUT2D eigenvalue weighted by molar-refractivity contribution is -0.128. The quantitative estimate of drug-likeness (QED) is 0.638. The number of aryl methyl sites for hydroxylation is 1. The molecule has 3 aliphatic rings. The van der Waals surface area contributed by atoms with Gasteiger partial charge in [-0.15, -0.1) is 0 Å².